The van der Waals surface area contributed by atoms with Crippen LogP contribution in [0.2, 0.25) is 5.02 Å². The molecule has 1 fully saturated rings. The number of benzene rings is 1. The van der Waals surface area contributed by atoms with Gasteiger partial charge >= 0.3 is 5.97 Å². The SMILES string of the molecule is C[C@@H]1CC(=O)[C@H](CC(=O)OCC(=O)Nc2ccccc2Cl)[C@@H]1C[N+](=O)[O-]. The molecule has 0 aromatic heterocycles. The van der Waals surface area contributed by atoms with Gasteiger partial charge in [0.25, 0.3) is 5.91 Å². The number of para-hydroxylation sites is 1. The van der Waals surface area contributed by atoms with Gasteiger partial charge in [0, 0.05) is 23.2 Å². The molecule has 0 heterocycles. The van der Waals surface area contributed by atoms with Gasteiger partial charge in [-0.05, 0) is 18.1 Å². The second kappa shape index (κ2) is 8.75. The number of nitro groups is 1. The fourth-order valence-corrected chi connectivity index (χ4v) is 3.32. The first-order valence-electron chi connectivity index (χ1n) is 8.12. The van der Waals surface area contributed by atoms with Crippen LogP contribution in [-0.4, -0.2) is 35.7 Å². The summed E-state index contributed by atoms with van der Waals surface area (Å²) in [6.45, 7) is 0.868. The summed E-state index contributed by atoms with van der Waals surface area (Å²) in [6.07, 6.45) is -0.0511. The number of amides is 1. The smallest absolute Gasteiger partial charge is 0.307 e. The molecule has 0 unspecified atom stereocenters. The Bertz CT molecular complexity index is 723. The highest BCUT2D eigenvalue weighted by atomic mass is 35.5. The van der Waals surface area contributed by atoms with Crippen molar-refractivity contribution in [3.8, 4) is 0 Å². The average molecular weight is 383 g/mol. The quantitative estimate of drug-likeness (QED) is 0.439. The lowest BCUT2D eigenvalue weighted by molar-refractivity contribution is -0.490. The van der Waals surface area contributed by atoms with Gasteiger partial charge in [0.15, 0.2) is 6.61 Å². The van der Waals surface area contributed by atoms with E-state index in [9.17, 15) is 24.5 Å². The summed E-state index contributed by atoms with van der Waals surface area (Å²) in [5, 5.41) is 13.6. The zero-order valence-corrected chi connectivity index (χ0v) is 14.9. The predicted molar refractivity (Wildman–Crippen MR) is 93.3 cm³/mol. The molecule has 9 heteroatoms. The second-order valence-corrected chi connectivity index (χ2v) is 6.73. The van der Waals surface area contributed by atoms with E-state index in [1.807, 2.05) is 0 Å². The molecule has 1 aliphatic carbocycles. The van der Waals surface area contributed by atoms with Gasteiger partial charge in [-0.2, -0.15) is 0 Å². The number of nitrogens with zero attached hydrogens (tertiary/aromatic N) is 1. The first-order valence-corrected chi connectivity index (χ1v) is 8.50. The zero-order valence-electron chi connectivity index (χ0n) is 14.1. The topological polar surface area (TPSA) is 116 Å². The van der Waals surface area contributed by atoms with Crippen LogP contribution < -0.4 is 5.32 Å². The van der Waals surface area contributed by atoms with Crippen LogP contribution in [0.5, 0.6) is 0 Å². The van der Waals surface area contributed by atoms with Crippen molar-refractivity contribution in [3.63, 3.8) is 0 Å². The summed E-state index contributed by atoms with van der Waals surface area (Å²) in [4.78, 5) is 46.1. The van der Waals surface area contributed by atoms with Crippen molar-refractivity contribution < 1.29 is 24.0 Å². The Morgan fingerprint density at radius 3 is 2.73 bits per heavy atom. The molecule has 0 radical (unpaired) electrons. The predicted octanol–water partition coefficient (Wildman–Crippen LogP) is 2.33. The highest BCUT2D eigenvalue weighted by molar-refractivity contribution is 6.33. The maximum Gasteiger partial charge on any atom is 0.307 e. The van der Waals surface area contributed by atoms with E-state index in [1.54, 1.807) is 31.2 Å². The van der Waals surface area contributed by atoms with E-state index in [2.05, 4.69) is 5.32 Å². The summed E-state index contributed by atoms with van der Waals surface area (Å²) >= 11 is 5.92. The van der Waals surface area contributed by atoms with E-state index < -0.39 is 35.2 Å². The number of hydrogen-bond acceptors (Lipinski definition) is 6. The van der Waals surface area contributed by atoms with E-state index in [-0.39, 0.29) is 31.1 Å². The normalized spacial score (nSPS) is 22.1. The molecule has 0 aliphatic heterocycles. The Balaban J connectivity index is 1.85. The standard InChI is InChI=1S/C17H19ClN2O6/c1-10-6-15(21)11(12(10)8-20(24)25)7-17(23)26-9-16(22)19-14-5-3-2-4-13(14)18/h2-5,10-12H,6-9H2,1H3,(H,19,22)/t10-,11-,12-/m1/s1. The van der Waals surface area contributed by atoms with E-state index in [0.717, 1.165) is 0 Å². The van der Waals surface area contributed by atoms with Gasteiger partial charge in [-0.25, -0.2) is 0 Å². The Labute approximate surface area is 155 Å². The number of ketones is 1. The summed E-state index contributed by atoms with van der Waals surface area (Å²) in [5.74, 6) is -2.88. The lowest BCUT2D eigenvalue weighted by Gasteiger charge is -2.17. The van der Waals surface area contributed by atoms with Gasteiger partial charge in [-0.1, -0.05) is 30.7 Å². The number of carbonyl (C=O) groups is 3. The minimum atomic E-state index is -0.741. The zero-order chi connectivity index (χ0) is 19.3. The molecule has 3 atom stereocenters. The van der Waals surface area contributed by atoms with Crippen LogP contribution in [0, 0.1) is 27.9 Å². The van der Waals surface area contributed by atoms with Crippen molar-refractivity contribution in [1.82, 2.24) is 0 Å². The van der Waals surface area contributed by atoms with Crippen molar-refractivity contribution in [2.45, 2.75) is 19.8 Å². The molecule has 140 valence electrons. The molecule has 2 rings (SSSR count). The number of Topliss-reactive ketones (excluding diaryl/α,β-unsaturated/α-hetero) is 1. The van der Waals surface area contributed by atoms with Crippen molar-refractivity contribution in [2.75, 3.05) is 18.5 Å². The van der Waals surface area contributed by atoms with Gasteiger partial charge in [0.05, 0.1) is 17.1 Å². The number of anilines is 1. The highest BCUT2D eigenvalue weighted by Gasteiger charge is 2.44. The van der Waals surface area contributed by atoms with Crippen LogP contribution >= 0.6 is 11.6 Å². The first-order chi connectivity index (χ1) is 12.3. The third kappa shape index (κ3) is 5.26. The number of ether oxygens (including phenoxy) is 1. The van der Waals surface area contributed by atoms with Gasteiger partial charge in [0.1, 0.15) is 5.78 Å². The van der Waals surface area contributed by atoms with E-state index in [4.69, 9.17) is 16.3 Å². The van der Waals surface area contributed by atoms with Crippen LogP contribution in [0.3, 0.4) is 0 Å². The van der Waals surface area contributed by atoms with Crippen LogP contribution in [-0.2, 0) is 19.1 Å². The minimum Gasteiger partial charge on any atom is -0.456 e. The van der Waals surface area contributed by atoms with Gasteiger partial charge in [-0.15, -0.1) is 0 Å². The Hall–Kier alpha value is -2.48. The lowest BCUT2D eigenvalue weighted by Crippen LogP contribution is -2.28. The second-order valence-electron chi connectivity index (χ2n) is 6.33. The number of hydrogen-bond donors (Lipinski definition) is 1. The Morgan fingerprint density at radius 1 is 1.38 bits per heavy atom. The van der Waals surface area contributed by atoms with E-state index in [1.165, 1.54) is 0 Å². The van der Waals surface area contributed by atoms with Gasteiger partial charge in [0.2, 0.25) is 6.54 Å². The average Bonchev–Trinajstić information content (AvgIpc) is 2.81. The fourth-order valence-electron chi connectivity index (χ4n) is 3.13. The van der Waals surface area contributed by atoms with Gasteiger partial charge in [-0.3, -0.25) is 24.5 Å². The summed E-state index contributed by atoms with van der Waals surface area (Å²) in [7, 11) is 0. The third-order valence-corrected chi connectivity index (χ3v) is 4.77. The monoisotopic (exact) mass is 382 g/mol. The molecule has 1 aromatic rings. The van der Waals surface area contributed by atoms with Gasteiger partial charge < -0.3 is 10.1 Å². The minimum absolute atomic E-state index is 0.158. The van der Waals surface area contributed by atoms with E-state index >= 15 is 0 Å². The number of esters is 1. The Kier molecular flexibility index (Phi) is 6.68. The lowest BCUT2D eigenvalue weighted by atomic mass is 9.88. The van der Waals surface area contributed by atoms with Crippen molar-refractivity contribution in [2.24, 2.45) is 17.8 Å². The molecule has 1 saturated carbocycles. The Morgan fingerprint density at radius 2 is 2.08 bits per heavy atom. The molecule has 1 N–H and O–H groups in total. The van der Waals surface area contributed by atoms with Crippen molar-refractivity contribution in [3.05, 3.63) is 39.4 Å². The number of rotatable bonds is 7. The molecule has 26 heavy (non-hydrogen) atoms. The molecule has 0 spiro atoms. The van der Waals surface area contributed by atoms with Crippen LogP contribution in [0.25, 0.3) is 0 Å². The largest absolute Gasteiger partial charge is 0.456 e. The molecule has 1 amide bonds. The first kappa shape index (κ1) is 19.8. The molecule has 0 bridgehead atoms. The van der Waals surface area contributed by atoms with Crippen molar-refractivity contribution >= 4 is 34.9 Å². The molecule has 0 saturated heterocycles. The fraction of sp³-hybridized carbons (Fsp3) is 0.471. The summed E-state index contributed by atoms with van der Waals surface area (Å²) < 4.78 is 4.90. The van der Waals surface area contributed by atoms with Crippen molar-refractivity contribution in [1.29, 1.82) is 0 Å². The number of halogens is 1. The molecular weight excluding hydrogens is 364 g/mol. The van der Waals surface area contributed by atoms with Crippen LogP contribution in [0.1, 0.15) is 19.8 Å². The maximum atomic E-state index is 12.0. The third-order valence-electron chi connectivity index (χ3n) is 4.44. The number of carbonyl (C=O) groups excluding carboxylic acids is 3. The van der Waals surface area contributed by atoms with E-state index in [0.29, 0.717) is 10.7 Å². The maximum absolute atomic E-state index is 12.0. The molecule has 1 aliphatic rings. The molecular formula is C17H19ClN2O6. The summed E-state index contributed by atoms with van der Waals surface area (Å²) in [6, 6.07) is 6.60. The number of nitrogens with one attached hydrogen (secondary N) is 1. The van der Waals surface area contributed by atoms with Crippen LogP contribution in [0.15, 0.2) is 24.3 Å². The highest BCUT2D eigenvalue weighted by Crippen LogP contribution is 2.36. The summed E-state index contributed by atoms with van der Waals surface area (Å²) in [5.41, 5.74) is 0.390. The molecule has 8 nitrogen and oxygen atoms in total. The molecule has 1 aromatic carbocycles. The van der Waals surface area contributed by atoms with Crippen LogP contribution in [0.4, 0.5) is 5.69 Å².